The Kier molecular flexibility index (Phi) is 3.69. The number of benzene rings is 1. The van der Waals surface area contributed by atoms with E-state index in [-0.39, 0.29) is 0 Å². The molecule has 108 valence electrons. The van der Waals surface area contributed by atoms with Crippen LogP contribution in [0, 0.1) is 6.92 Å². The van der Waals surface area contributed by atoms with Gasteiger partial charge in [-0.05, 0) is 17.8 Å². The summed E-state index contributed by atoms with van der Waals surface area (Å²) in [5.74, 6) is 1.80. The standard InChI is InChI=1S/C13H15N7O/c1-9-14-15-12(21-9)8-20(2)7-10-3-5-11(6-4-10)13-16-18-19-17-13/h3-6H,7-8H2,1-2H3,(H,16,17,18,19). The summed E-state index contributed by atoms with van der Waals surface area (Å²) in [6, 6.07) is 8.04. The van der Waals surface area contributed by atoms with Crippen molar-refractivity contribution in [1.82, 2.24) is 35.7 Å². The molecule has 0 aliphatic rings. The molecule has 0 atom stereocenters. The molecule has 0 unspecified atom stereocenters. The van der Waals surface area contributed by atoms with Crippen LogP contribution in [0.25, 0.3) is 11.4 Å². The predicted octanol–water partition coefficient (Wildman–Crippen LogP) is 1.19. The molecule has 2 aromatic heterocycles. The normalized spacial score (nSPS) is 11.2. The first-order chi connectivity index (χ1) is 10.2. The number of nitrogens with one attached hydrogen (secondary N) is 1. The number of aromatic nitrogens is 6. The molecule has 1 N–H and O–H groups in total. The van der Waals surface area contributed by atoms with Gasteiger partial charge in [0.05, 0.1) is 6.54 Å². The van der Waals surface area contributed by atoms with Gasteiger partial charge in [0.2, 0.25) is 17.6 Å². The van der Waals surface area contributed by atoms with Crippen molar-refractivity contribution in [2.45, 2.75) is 20.0 Å². The Balaban J connectivity index is 1.62. The lowest BCUT2D eigenvalue weighted by atomic mass is 10.1. The monoisotopic (exact) mass is 285 g/mol. The molecule has 0 amide bonds. The van der Waals surface area contributed by atoms with Crippen molar-refractivity contribution >= 4 is 0 Å². The van der Waals surface area contributed by atoms with Crippen LogP contribution >= 0.6 is 0 Å². The van der Waals surface area contributed by atoms with Crippen LogP contribution in [0.5, 0.6) is 0 Å². The number of hydrogen-bond donors (Lipinski definition) is 1. The molecule has 0 bridgehead atoms. The number of aryl methyl sites for hydroxylation is 1. The van der Waals surface area contributed by atoms with Gasteiger partial charge in [-0.25, -0.2) is 0 Å². The maximum atomic E-state index is 5.37. The Bertz CT molecular complexity index is 690. The molecule has 3 rings (SSSR count). The van der Waals surface area contributed by atoms with E-state index in [0.717, 1.165) is 12.1 Å². The van der Waals surface area contributed by atoms with Crippen LogP contribution in [0.4, 0.5) is 0 Å². The molecule has 8 heteroatoms. The van der Waals surface area contributed by atoms with Crippen LogP contribution in [0.3, 0.4) is 0 Å². The van der Waals surface area contributed by atoms with Crippen molar-refractivity contribution in [1.29, 1.82) is 0 Å². The second kappa shape index (κ2) is 5.80. The first-order valence-corrected chi connectivity index (χ1v) is 6.51. The third-order valence-electron chi connectivity index (χ3n) is 2.98. The minimum Gasteiger partial charge on any atom is -0.424 e. The minimum absolute atomic E-state index is 0.586. The van der Waals surface area contributed by atoms with Gasteiger partial charge >= 0.3 is 0 Å². The van der Waals surface area contributed by atoms with E-state index in [1.165, 1.54) is 5.56 Å². The highest BCUT2D eigenvalue weighted by molar-refractivity contribution is 5.54. The number of nitrogens with zero attached hydrogens (tertiary/aromatic N) is 6. The summed E-state index contributed by atoms with van der Waals surface area (Å²) in [5.41, 5.74) is 2.11. The van der Waals surface area contributed by atoms with Crippen molar-refractivity contribution in [3.05, 3.63) is 41.6 Å². The minimum atomic E-state index is 0.586. The van der Waals surface area contributed by atoms with E-state index in [1.807, 2.05) is 31.3 Å². The lowest BCUT2D eigenvalue weighted by Gasteiger charge is -2.14. The molecule has 0 fully saturated rings. The first-order valence-electron chi connectivity index (χ1n) is 6.51. The molecule has 0 saturated carbocycles. The van der Waals surface area contributed by atoms with Crippen LogP contribution in [0.15, 0.2) is 28.7 Å². The largest absolute Gasteiger partial charge is 0.424 e. The maximum absolute atomic E-state index is 5.37. The van der Waals surface area contributed by atoms with Crippen LogP contribution in [-0.4, -0.2) is 42.8 Å². The Morgan fingerprint density at radius 2 is 1.90 bits per heavy atom. The lowest BCUT2D eigenvalue weighted by Crippen LogP contribution is -2.17. The highest BCUT2D eigenvalue weighted by Gasteiger charge is 2.08. The van der Waals surface area contributed by atoms with Crippen LogP contribution in [-0.2, 0) is 13.1 Å². The first kappa shape index (κ1) is 13.4. The second-order valence-corrected chi connectivity index (χ2v) is 4.82. The third-order valence-corrected chi connectivity index (χ3v) is 2.98. The maximum Gasteiger partial charge on any atom is 0.230 e. The van der Waals surface area contributed by atoms with Crippen molar-refractivity contribution in [3.63, 3.8) is 0 Å². The van der Waals surface area contributed by atoms with E-state index >= 15 is 0 Å². The Morgan fingerprint density at radius 3 is 2.52 bits per heavy atom. The molecule has 0 spiro atoms. The second-order valence-electron chi connectivity index (χ2n) is 4.82. The summed E-state index contributed by atoms with van der Waals surface area (Å²) in [7, 11) is 2.01. The van der Waals surface area contributed by atoms with Gasteiger partial charge in [-0.1, -0.05) is 24.3 Å². The van der Waals surface area contributed by atoms with Crippen molar-refractivity contribution in [3.8, 4) is 11.4 Å². The fourth-order valence-electron chi connectivity index (χ4n) is 2.04. The zero-order chi connectivity index (χ0) is 14.7. The summed E-state index contributed by atoms with van der Waals surface area (Å²) < 4.78 is 5.37. The van der Waals surface area contributed by atoms with E-state index in [0.29, 0.717) is 24.2 Å². The Hall–Kier alpha value is -2.61. The van der Waals surface area contributed by atoms with E-state index in [4.69, 9.17) is 4.42 Å². The van der Waals surface area contributed by atoms with Crippen molar-refractivity contribution in [2.75, 3.05) is 7.05 Å². The number of rotatable bonds is 5. The summed E-state index contributed by atoms with van der Waals surface area (Å²) in [4.78, 5) is 2.11. The molecule has 8 nitrogen and oxygen atoms in total. The Labute approximate surface area is 121 Å². The van der Waals surface area contributed by atoms with Gasteiger partial charge in [0.1, 0.15) is 0 Å². The van der Waals surface area contributed by atoms with Gasteiger partial charge in [-0.15, -0.1) is 20.4 Å². The molecule has 0 radical (unpaired) electrons. The number of aromatic amines is 1. The summed E-state index contributed by atoms with van der Waals surface area (Å²) >= 11 is 0. The average molecular weight is 285 g/mol. The summed E-state index contributed by atoms with van der Waals surface area (Å²) in [6.45, 7) is 3.19. The Morgan fingerprint density at radius 1 is 1.10 bits per heavy atom. The number of tetrazole rings is 1. The topological polar surface area (TPSA) is 96.6 Å². The fraction of sp³-hybridized carbons (Fsp3) is 0.308. The zero-order valence-corrected chi connectivity index (χ0v) is 11.8. The van der Waals surface area contributed by atoms with E-state index in [2.05, 4.69) is 35.7 Å². The van der Waals surface area contributed by atoms with Crippen LogP contribution < -0.4 is 0 Å². The summed E-state index contributed by atoms with van der Waals surface area (Å²) in [5, 5.41) is 21.7. The number of H-pyrrole nitrogens is 1. The van der Waals surface area contributed by atoms with Gasteiger partial charge in [-0.3, -0.25) is 4.90 Å². The third kappa shape index (κ3) is 3.29. The molecule has 0 aliphatic heterocycles. The van der Waals surface area contributed by atoms with Crippen molar-refractivity contribution < 1.29 is 4.42 Å². The number of hydrogen-bond acceptors (Lipinski definition) is 7. The van der Waals surface area contributed by atoms with Crippen LogP contribution in [0.1, 0.15) is 17.3 Å². The molecule has 21 heavy (non-hydrogen) atoms. The zero-order valence-electron chi connectivity index (χ0n) is 11.8. The van der Waals surface area contributed by atoms with E-state index in [1.54, 1.807) is 6.92 Å². The predicted molar refractivity (Wildman–Crippen MR) is 73.8 cm³/mol. The SMILES string of the molecule is Cc1nnc(CN(C)Cc2ccc(-c3nn[nH]n3)cc2)o1. The van der Waals surface area contributed by atoms with Gasteiger partial charge in [0.15, 0.2) is 0 Å². The van der Waals surface area contributed by atoms with Crippen LogP contribution in [0.2, 0.25) is 0 Å². The molecule has 3 aromatic rings. The molecular formula is C13H15N7O. The highest BCUT2D eigenvalue weighted by Crippen LogP contribution is 2.15. The van der Waals surface area contributed by atoms with Crippen molar-refractivity contribution in [2.24, 2.45) is 0 Å². The van der Waals surface area contributed by atoms with Gasteiger partial charge in [-0.2, -0.15) is 5.21 Å². The molecule has 2 heterocycles. The van der Waals surface area contributed by atoms with E-state index < -0.39 is 0 Å². The van der Waals surface area contributed by atoms with Gasteiger partial charge in [0, 0.05) is 19.0 Å². The van der Waals surface area contributed by atoms with E-state index in [9.17, 15) is 0 Å². The van der Waals surface area contributed by atoms with Gasteiger partial charge in [0.25, 0.3) is 0 Å². The highest BCUT2D eigenvalue weighted by atomic mass is 16.4. The summed E-state index contributed by atoms with van der Waals surface area (Å²) in [6.07, 6.45) is 0. The van der Waals surface area contributed by atoms with Gasteiger partial charge < -0.3 is 4.42 Å². The molecular weight excluding hydrogens is 270 g/mol. The average Bonchev–Trinajstić information content (AvgIpc) is 3.11. The molecule has 1 aromatic carbocycles. The smallest absolute Gasteiger partial charge is 0.230 e. The lowest BCUT2D eigenvalue weighted by molar-refractivity contribution is 0.279. The molecule has 0 saturated heterocycles. The quantitative estimate of drug-likeness (QED) is 0.752. The molecule has 0 aliphatic carbocycles. The fourth-order valence-corrected chi connectivity index (χ4v) is 2.04.